The minimum atomic E-state index is -2.47. The molecule has 0 aromatic heterocycles. The second-order valence-corrected chi connectivity index (χ2v) is 10.0. The first kappa shape index (κ1) is 16.8. The number of benzene rings is 3. The van der Waals surface area contributed by atoms with E-state index in [0.717, 1.165) is 15.9 Å². The van der Waals surface area contributed by atoms with E-state index in [0.29, 0.717) is 4.20 Å². The van der Waals surface area contributed by atoms with Gasteiger partial charge in [0.25, 0.3) is 0 Å². The number of rotatable bonds is 4. The van der Waals surface area contributed by atoms with Gasteiger partial charge in [0, 0.05) is 0 Å². The fraction of sp³-hybridized carbons (Fsp3) is 0. The number of carboxylic acids is 1. The molecule has 0 fully saturated rings. The van der Waals surface area contributed by atoms with Gasteiger partial charge < -0.3 is 5.11 Å². The normalized spacial score (nSPS) is 11.0. The summed E-state index contributed by atoms with van der Waals surface area (Å²) in [6.07, 6.45) is 0. The van der Waals surface area contributed by atoms with Crippen LogP contribution in [0.25, 0.3) is 0 Å². The molecule has 2 nitrogen and oxygen atoms in total. The molecule has 0 saturated carbocycles. The van der Waals surface area contributed by atoms with E-state index in [1.165, 1.54) is 0 Å². The second kappa shape index (κ2) is 7.21. The maximum atomic E-state index is 12.0. The first-order valence-electron chi connectivity index (χ1n) is 7.49. The maximum Gasteiger partial charge on any atom is 0.343 e. The van der Waals surface area contributed by atoms with E-state index < -0.39 is 12.9 Å². The molecule has 0 atom stereocenters. The van der Waals surface area contributed by atoms with Crippen LogP contribution in [-0.4, -0.2) is 15.3 Å². The first-order chi connectivity index (χ1) is 11.7. The summed E-state index contributed by atoms with van der Waals surface area (Å²) in [7, 11) is 0. The summed E-state index contributed by atoms with van der Waals surface area (Å²) in [5.41, 5.74) is 0. The van der Waals surface area contributed by atoms with Gasteiger partial charge in [-0.2, -0.15) is 0 Å². The van der Waals surface area contributed by atoms with E-state index in [1.807, 2.05) is 91.0 Å². The molecule has 1 N–H and O–H groups in total. The number of hydrogen-bond donors (Lipinski definition) is 1. The molecular formula is C20H16BrO2P. The summed E-state index contributed by atoms with van der Waals surface area (Å²) in [5, 5.41) is 12.9. The Hall–Kier alpha value is -2.09. The molecule has 0 aliphatic heterocycles. The SMILES string of the molecule is O=C(O)C(Br)=P(c1ccccc1)(c1ccccc1)c1ccccc1. The standard InChI is InChI=1S/C20H16BrO2P/c21-19(20(22)23)24(16-10-4-1-5-11-16,17-12-6-2-7-13-17)18-14-8-3-9-15-18/h1-15H,(H,22,23). The van der Waals surface area contributed by atoms with Crippen LogP contribution in [0.1, 0.15) is 0 Å². The molecular weight excluding hydrogens is 383 g/mol. The Labute approximate surface area is 149 Å². The van der Waals surface area contributed by atoms with Crippen molar-refractivity contribution in [3.8, 4) is 0 Å². The number of hydrogen-bond acceptors (Lipinski definition) is 1. The highest BCUT2D eigenvalue weighted by Crippen LogP contribution is 2.47. The molecule has 3 aromatic carbocycles. The molecule has 0 unspecified atom stereocenters. The predicted octanol–water partition coefficient (Wildman–Crippen LogP) is 3.59. The lowest BCUT2D eigenvalue weighted by atomic mass is 10.4. The highest BCUT2D eigenvalue weighted by molar-refractivity contribution is 9.20. The molecule has 0 radical (unpaired) electrons. The van der Waals surface area contributed by atoms with Gasteiger partial charge in [-0.15, -0.1) is 0 Å². The average molecular weight is 399 g/mol. The minimum Gasteiger partial charge on any atom is -0.477 e. The number of carbonyl (C=O) groups is 1. The van der Waals surface area contributed by atoms with Crippen molar-refractivity contribution in [1.29, 1.82) is 0 Å². The predicted molar refractivity (Wildman–Crippen MR) is 107 cm³/mol. The van der Waals surface area contributed by atoms with Crippen LogP contribution in [0.4, 0.5) is 0 Å². The minimum absolute atomic E-state index is 0.304. The van der Waals surface area contributed by atoms with E-state index in [1.54, 1.807) is 0 Å². The third kappa shape index (κ3) is 2.86. The average Bonchev–Trinajstić information content (AvgIpc) is 2.65. The Bertz CT molecular complexity index is 787. The monoisotopic (exact) mass is 398 g/mol. The van der Waals surface area contributed by atoms with Gasteiger partial charge in [-0.1, -0.05) is 91.0 Å². The molecule has 0 bridgehead atoms. The van der Waals surface area contributed by atoms with Crippen LogP contribution in [0.2, 0.25) is 0 Å². The van der Waals surface area contributed by atoms with Gasteiger partial charge >= 0.3 is 5.97 Å². The van der Waals surface area contributed by atoms with Crippen molar-refractivity contribution in [3.05, 3.63) is 91.0 Å². The summed E-state index contributed by atoms with van der Waals surface area (Å²) in [4.78, 5) is 12.0. The van der Waals surface area contributed by atoms with E-state index in [4.69, 9.17) is 0 Å². The largest absolute Gasteiger partial charge is 0.477 e. The van der Waals surface area contributed by atoms with Gasteiger partial charge in [0.05, 0.1) is 0 Å². The summed E-state index contributed by atoms with van der Waals surface area (Å²) >= 11 is 3.44. The van der Waals surface area contributed by atoms with Crippen LogP contribution in [0.3, 0.4) is 0 Å². The Morgan fingerprint density at radius 3 is 1.21 bits per heavy atom. The third-order valence-electron chi connectivity index (χ3n) is 3.90. The van der Waals surface area contributed by atoms with Gasteiger partial charge in [0.1, 0.15) is 4.20 Å². The summed E-state index contributed by atoms with van der Waals surface area (Å²) in [6, 6.07) is 29.7. The lowest BCUT2D eigenvalue weighted by molar-refractivity contribution is -0.128. The van der Waals surface area contributed by atoms with Crippen LogP contribution in [0.15, 0.2) is 91.0 Å². The Kier molecular flexibility index (Phi) is 5.03. The molecule has 0 spiro atoms. The van der Waals surface area contributed by atoms with Crippen molar-refractivity contribution in [1.82, 2.24) is 0 Å². The molecule has 24 heavy (non-hydrogen) atoms. The summed E-state index contributed by atoms with van der Waals surface area (Å²) in [5.74, 6) is -0.931. The molecule has 4 heteroatoms. The Morgan fingerprint density at radius 1 is 0.667 bits per heavy atom. The highest BCUT2D eigenvalue weighted by atomic mass is 79.9. The van der Waals surface area contributed by atoms with Crippen LogP contribution in [-0.2, 0) is 4.79 Å². The molecule has 0 aliphatic rings. The van der Waals surface area contributed by atoms with Gasteiger partial charge in [-0.25, -0.2) is 4.79 Å². The smallest absolute Gasteiger partial charge is 0.343 e. The van der Waals surface area contributed by atoms with Crippen LogP contribution in [0.5, 0.6) is 0 Å². The van der Waals surface area contributed by atoms with Crippen molar-refractivity contribution in [3.63, 3.8) is 0 Å². The van der Waals surface area contributed by atoms with E-state index >= 15 is 0 Å². The summed E-state index contributed by atoms with van der Waals surface area (Å²) in [6.45, 7) is -2.47. The van der Waals surface area contributed by atoms with Crippen molar-refractivity contribution < 1.29 is 9.90 Å². The fourth-order valence-electron chi connectivity index (χ4n) is 2.89. The van der Waals surface area contributed by atoms with Crippen molar-refractivity contribution in [2.24, 2.45) is 0 Å². The molecule has 3 rings (SSSR count). The molecule has 0 heterocycles. The highest BCUT2D eigenvalue weighted by Gasteiger charge is 2.31. The Balaban J connectivity index is 2.53. The zero-order valence-electron chi connectivity index (χ0n) is 12.8. The molecule has 0 amide bonds. The van der Waals surface area contributed by atoms with E-state index in [2.05, 4.69) is 15.9 Å². The van der Waals surface area contributed by atoms with Gasteiger partial charge in [0.15, 0.2) is 0 Å². The van der Waals surface area contributed by atoms with Crippen LogP contribution < -0.4 is 15.9 Å². The number of halogens is 1. The fourth-order valence-corrected chi connectivity index (χ4v) is 8.45. The van der Waals surface area contributed by atoms with Gasteiger partial charge in [0.2, 0.25) is 0 Å². The number of carboxylic acid groups (broad SMARTS) is 1. The second-order valence-electron chi connectivity index (χ2n) is 5.27. The maximum absolute atomic E-state index is 12.0. The van der Waals surface area contributed by atoms with Crippen LogP contribution >= 0.6 is 22.8 Å². The topological polar surface area (TPSA) is 37.3 Å². The van der Waals surface area contributed by atoms with Gasteiger partial charge in [-0.05, 0) is 38.7 Å². The summed E-state index contributed by atoms with van der Waals surface area (Å²) < 4.78 is 0.304. The zero-order valence-corrected chi connectivity index (χ0v) is 15.3. The quantitative estimate of drug-likeness (QED) is 0.681. The van der Waals surface area contributed by atoms with Gasteiger partial charge in [-0.3, -0.25) is 0 Å². The lowest BCUT2D eigenvalue weighted by Gasteiger charge is -2.29. The van der Waals surface area contributed by atoms with Crippen molar-refractivity contribution >= 4 is 48.9 Å². The van der Waals surface area contributed by atoms with Crippen molar-refractivity contribution in [2.75, 3.05) is 0 Å². The molecule has 0 aliphatic carbocycles. The van der Waals surface area contributed by atoms with E-state index in [9.17, 15) is 9.90 Å². The zero-order chi connectivity index (χ0) is 17.0. The Morgan fingerprint density at radius 2 is 0.958 bits per heavy atom. The van der Waals surface area contributed by atoms with Crippen LogP contribution in [0, 0.1) is 0 Å². The molecule has 3 aromatic rings. The first-order valence-corrected chi connectivity index (χ1v) is 10.1. The van der Waals surface area contributed by atoms with Crippen molar-refractivity contribution in [2.45, 2.75) is 0 Å². The molecule has 120 valence electrons. The number of aliphatic carboxylic acids is 1. The molecule has 0 saturated heterocycles. The lowest BCUT2D eigenvalue weighted by Crippen LogP contribution is -2.31. The van der Waals surface area contributed by atoms with E-state index in [-0.39, 0.29) is 0 Å². The third-order valence-corrected chi connectivity index (χ3v) is 9.83.